The molecule has 0 aliphatic carbocycles. The maximum absolute atomic E-state index is 14.3. The van der Waals surface area contributed by atoms with Crippen molar-refractivity contribution >= 4 is 17.5 Å². The molecule has 0 saturated carbocycles. The fourth-order valence-electron chi connectivity index (χ4n) is 3.71. The SMILES string of the molecule is O=C(Cn1nc(-c2ccc(Cl)cc2O)n(Cc2ccccc2F)c1=O)NCc1ccccc1C(F)(F)F. The number of benzene rings is 3. The van der Waals surface area contributed by atoms with Gasteiger partial charge in [0.15, 0.2) is 5.82 Å². The van der Waals surface area contributed by atoms with Crippen molar-refractivity contribution in [2.24, 2.45) is 0 Å². The van der Waals surface area contributed by atoms with Gasteiger partial charge in [-0.1, -0.05) is 48.0 Å². The average molecular weight is 535 g/mol. The standard InChI is InChI=1S/C25H19ClF4N4O3/c26-17-9-10-18(21(35)11-17)23-32-34(24(37)33(23)13-16-6-2-4-8-20(16)27)14-22(36)31-12-15-5-1-3-7-19(15)25(28,29)30/h1-11,35H,12-14H2,(H,31,36). The van der Waals surface area contributed by atoms with E-state index >= 15 is 0 Å². The summed E-state index contributed by atoms with van der Waals surface area (Å²) in [5, 5.41) is 17.1. The van der Waals surface area contributed by atoms with Crippen molar-refractivity contribution in [1.29, 1.82) is 0 Å². The molecule has 192 valence electrons. The number of alkyl halides is 3. The lowest BCUT2D eigenvalue weighted by molar-refractivity contribution is -0.138. The van der Waals surface area contributed by atoms with Crippen LogP contribution in [0.5, 0.6) is 5.75 Å². The van der Waals surface area contributed by atoms with Gasteiger partial charge < -0.3 is 10.4 Å². The molecule has 1 amide bonds. The number of aromatic nitrogens is 3. The Morgan fingerprint density at radius 3 is 2.38 bits per heavy atom. The second-order valence-corrected chi connectivity index (χ2v) is 8.47. The molecule has 0 atom stereocenters. The maximum atomic E-state index is 14.3. The number of phenolic OH excluding ortho intramolecular Hbond substituents is 1. The average Bonchev–Trinajstić information content (AvgIpc) is 3.13. The number of hydrogen-bond donors (Lipinski definition) is 2. The molecule has 0 spiro atoms. The van der Waals surface area contributed by atoms with Crippen molar-refractivity contribution in [2.75, 3.05) is 0 Å². The fourth-order valence-corrected chi connectivity index (χ4v) is 3.88. The van der Waals surface area contributed by atoms with Gasteiger partial charge in [-0.2, -0.15) is 13.2 Å². The Morgan fingerprint density at radius 1 is 1.03 bits per heavy atom. The van der Waals surface area contributed by atoms with Crippen LogP contribution in [0.25, 0.3) is 11.4 Å². The molecule has 37 heavy (non-hydrogen) atoms. The summed E-state index contributed by atoms with van der Waals surface area (Å²) in [6, 6.07) is 14.7. The third kappa shape index (κ3) is 5.83. The molecular formula is C25H19ClF4N4O3. The predicted molar refractivity (Wildman–Crippen MR) is 127 cm³/mol. The van der Waals surface area contributed by atoms with E-state index in [9.17, 15) is 32.3 Å². The minimum Gasteiger partial charge on any atom is -0.507 e. The summed E-state index contributed by atoms with van der Waals surface area (Å²) in [5.41, 5.74) is -1.56. The first-order valence-corrected chi connectivity index (χ1v) is 11.2. The monoisotopic (exact) mass is 534 g/mol. The van der Waals surface area contributed by atoms with Gasteiger partial charge in [0.1, 0.15) is 18.1 Å². The molecule has 0 bridgehead atoms. The van der Waals surface area contributed by atoms with Crippen molar-refractivity contribution < 1.29 is 27.5 Å². The number of phenols is 1. The summed E-state index contributed by atoms with van der Waals surface area (Å²) in [4.78, 5) is 25.7. The van der Waals surface area contributed by atoms with E-state index in [2.05, 4.69) is 10.4 Å². The molecule has 1 heterocycles. The van der Waals surface area contributed by atoms with Crippen molar-refractivity contribution in [3.63, 3.8) is 0 Å². The zero-order chi connectivity index (χ0) is 26.7. The lowest BCUT2D eigenvalue weighted by atomic mass is 10.1. The first-order valence-electron chi connectivity index (χ1n) is 10.9. The molecule has 3 aromatic carbocycles. The summed E-state index contributed by atoms with van der Waals surface area (Å²) in [7, 11) is 0. The van der Waals surface area contributed by atoms with E-state index in [4.69, 9.17) is 11.6 Å². The largest absolute Gasteiger partial charge is 0.507 e. The molecule has 4 aromatic rings. The second-order valence-electron chi connectivity index (χ2n) is 8.03. The highest BCUT2D eigenvalue weighted by Gasteiger charge is 2.32. The molecule has 0 radical (unpaired) electrons. The Hall–Kier alpha value is -4.12. The summed E-state index contributed by atoms with van der Waals surface area (Å²) in [6.07, 6.45) is -4.60. The van der Waals surface area contributed by atoms with E-state index in [1.807, 2.05) is 0 Å². The number of amides is 1. The Kier molecular flexibility index (Phi) is 7.35. The summed E-state index contributed by atoms with van der Waals surface area (Å²) < 4.78 is 55.8. The predicted octanol–water partition coefficient (Wildman–Crippen LogP) is 4.59. The van der Waals surface area contributed by atoms with Crippen molar-refractivity contribution in [3.8, 4) is 17.1 Å². The van der Waals surface area contributed by atoms with Gasteiger partial charge in [-0.3, -0.25) is 9.36 Å². The van der Waals surface area contributed by atoms with E-state index in [0.29, 0.717) is 0 Å². The normalized spacial score (nSPS) is 11.5. The van der Waals surface area contributed by atoms with Crippen molar-refractivity contribution in [3.05, 3.63) is 105 Å². The minimum atomic E-state index is -4.60. The van der Waals surface area contributed by atoms with Crippen molar-refractivity contribution in [1.82, 2.24) is 19.7 Å². The van der Waals surface area contributed by atoms with Crippen LogP contribution in [-0.4, -0.2) is 25.4 Å². The molecule has 2 N–H and O–H groups in total. The van der Waals surface area contributed by atoms with E-state index in [1.165, 1.54) is 54.6 Å². The lowest BCUT2D eigenvalue weighted by Crippen LogP contribution is -2.34. The highest BCUT2D eigenvalue weighted by Crippen LogP contribution is 2.32. The number of carbonyl (C=O) groups is 1. The Morgan fingerprint density at radius 2 is 1.70 bits per heavy atom. The first kappa shape index (κ1) is 26.0. The van der Waals surface area contributed by atoms with E-state index in [-0.39, 0.29) is 39.8 Å². The number of halogens is 5. The Bertz CT molecular complexity index is 1510. The number of aromatic hydroxyl groups is 1. The van der Waals surface area contributed by atoms with E-state index in [0.717, 1.165) is 15.3 Å². The van der Waals surface area contributed by atoms with Gasteiger partial charge >= 0.3 is 11.9 Å². The Labute approximate surface area is 212 Å². The molecule has 0 unspecified atom stereocenters. The van der Waals surface area contributed by atoms with Crippen LogP contribution >= 0.6 is 11.6 Å². The summed E-state index contributed by atoms with van der Waals surface area (Å²) in [6.45, 7) is -1.31. The van der Waals surface area contributed by atoms with E-state index < -0.39 is 42.2 Å². The molecule has 0 saturated heterocycles. The second kappa shape index (κ2) is 10.5. The van der Waals surface area contributed by atoms with Gasteiger partial charge in [-0.05, 0) is 35.9 Å². The number of hydrogen-bond acceptors (Lipinski definition) is 4. The first-order chi connectivity index (χ1) is 17.5. The number of nitrogens with one attached hydrogen (secondary N) is 1. The lowest BCUT2D eigenvalue weighted by Gasteiger charge is -2.13. The summed E-state index contributed by atoms with van der Waals surface area (Å²) in [5.74, 6) is -1.71. The third-order valence-electron chi connectivity index (χ3n) is 5.50. The van der Waals surface area contributed by atoms with Crippen LogP contribution in [0.3, 0.4) is 0 Å². The quantitative estimate of drug-likeness (QED) is 0.339. The molecule has 0 fully saturated rings. The molecule has 4 rings (SSSR count). The Balaban J connectivity index is 1.64. The number of rotatable bonds is 7. The minimum absolute atomic E-state index is 0.0577. The van der Waals surface area contributed by atoms with Gasteiger partial charge in [0.05, 0.1) is 17.7 Å². The van der Waals surface area contributed by atoms with Gasteiger partial charge in [-0.25, -0.2) is 13.9 Å². The zero-order valence-electron chi connectivity index (χ0n) is 19.0. The molecule has 0 aliphatic heterocycles. The van der Waals surface area contributed by atoms with Crippen LogP contribution in [0.2, 0.25) is 5.02 Å². The molecule has 0 aliphatic rings. The maximum Gasteiger partial charge on any atom is 0.416 e. The van der Waals surface area contributed by atoms with Crippen molar-refractivity contribution in [2.45, 2.75) is 25.8 Å². The van der Waals surface area contributed by atoms with Gasteiger partial charge in [-0.15, -0.1) is 5.10 Å². The summed E-state index contributed by atoms with van der Waals surface area (Å²) >= 11 is 5.90. The van der Waals surface area contributed by atoms with Crippen LogP contribution in [0.15, 0.2) is 71.5 Å². The molecular weight excluding hydrogens is 516 g/mol. The highest BCUT2D eigenvalue weighted by molar-refractivity contribution is 6.30. The van der Waals surface area contributed by atoms with Gasteiger partial charge in [0.25, 0.3) is 0 Å². The smallest absolute Gasteiger partial charge is 0.416 e. The molecule has 7 nitrogen and oxygen atoms in total. The topological polar surface area (TPSA) is 89.2 Å². The highest BCUT2D eigenvalue weighted by atomic mass is 35.5. The number of nitrogens with zero attached hydrogens (tertiary/aromatic N) is 3. The van der Waals surface area contributed by atoms with E-state index in [1.54, 1.807) is 6.07 Å². The number of carbonyl (C=O) groups excluding carboxylic acids is 1. The van der Waals surface area contributed by atoms with Crippen LogP contribution in [-0.2, 0) is 30.6 Å². The van der Waals surface area contributed by atoms with Crippen LogP contribution in [0.4, 0.5) is 17.6 Å². The van der Waals surface area contributed by atoms with Gasteiger partial charge in [0, 0.05) is 17.1 Å². The van der Waals surface area contributed by atoms with Gasteiger partial charge in [0.2, 0.25) is 5.91 Å². The fraction of sp³-hybridized carbons (Fsp3) is 0.160. The van der Waals surface area contributed by atoms with Crippen LogP contribution < -0.4 is 11.0 Å². The molecule has 1 aromatic heterocycles. The van der Waals surface area contributed by atoms with Crippen LogP contribution in [0.1, 0.15) is 16.7 Å². The third-order valence-corrected chi connectivity index (χ3v) is 5.74. The molecule has 12 heteroatoms. The van der Waals surface area contributed by atoms with Crippen LogP contribution in [0, 0.1) is 5.82 Å². The zero-order valence-corrected chi connectivity index (χ0v) is 19.7.